The number of likely N-dealkylation sites (N-methyl/N-ethyl adjacent to an activating group) is 1. The molecule has 0 aliphatic rings. The van der Waals surface area contributed by atoms with Crippen LogP contribution in [0.2, 0.25) is 0 Å². The largest absolute Gasteiger partial charge is 0.310 e. The summed E-state index contributed by atoms with van der Waals surface area (Å²) < 4.78 is 0. The Morgan fingerprint density at radius 2 is 2.19 bits per heavy atom. The van der Waals surface area contributed by atoms with Crippen LogP contribution in [0.4, 0.5) is 0 Å². The molecule has 1 atom stereocenters. The van der Waals surface area contributed by atoms with E-state index < -0.39 is 0 Å². The summed E-state index contributed by atoms with van der Waals surface area (Å²) in [5.41, 5.74) is 3.48. The summed E-state index contributed by atoms with van der Waals surface area (Å²) in [7, 11) is 0. The Kier molecular flexibility index (Phi) is 4.27. The highest BCUT2D eigenvalue weighted by Crippen LogP contribution is 2.23. The van der Waals surface area contributed by atoms with Crippen LogP contribution in [0, 0.1) is 6.92 Å². The van der Waals surface area contributed by atoms with E-state index in [0.717, 1.165) is 29.2 Å². The summed E-state index contributed by atoms with van der Waals surface area (Å²) in [6, 6.07) is 10.9. The van der Waals surface area contributed by atoms with Crippen molar-refractivity contribution in [3.05, 3.63) is 58.2 Å². The Morgan fingerprint density at radius 1 is 1.29 bits per heavy atom. The Labute approximate surface area is 129 Å². The Balaban J connectivity index is 1.90. The van der Waals surface area contributed by atoms with Crippen LogP contribution >= 0.6 is 11.3 Å². The second-order valence-corrected chi connectivity index (χ2v) is 6.19. The summed E-state index contributed by atoms with van der Waals surface area (Å²) in [4.78, 5) is 9.04. The first-order valence-electron chi connectivity index (χ1n) is 7.25. The molecule has 3 nitrogen and oxygen atoms in total. The number of hydrogen-bond acceptors (Lipinski definition) is 4. The molecule has 0 spiro atoms. The number of pyridine rings is 1. The van der Waals surface area contributed by atoms with Crippen molar-refractivity contribution in [2.45, 2.75) is 26.3 Å². The van der Waals surface area contributed by atoms with Crippen LogP contribution in [-0.2, 0) is 6.42 Å². The number of fused-ring (bicyclic) bond motifs is 1. The van der Waals surface area contributed by atoms with Crippen molar-refractivity contribution >= 4 is 22.2 Å². The van der Waals surface area contributed by atoms with Crippen LogP contribution in [0.25, 0.3) is 10.9 Å². The third kappa shape index (κ3) is 3.28. The summed E-state index contributed by atoms with van der Waals surface area (Å²) >= 11 is 1.71. The second-order valence-electron chi connectivity index (χ2n) is 5.13. The third-order valence-corrected chi connectivity index (χ3v) is 4.39. The quantitative estimate of drug-likeness (QED) is 0.776. The fourth-order valence-corrected chi connectivity index (χ4v) is 3.19. The van der Waals surface area contributed by atoms with Crippen LogP contribution in [0.5, 0.6) is 0 Å². The maximum atomic E-state index is 4.58. The zero-order chi connectivity index (χ0) is 14.7. The summed E-state index contributed by atoms with van der Waals surface area (Å²) in [6.45, 7) is 5.13. The van der Waals surface area contributed by atoms with Gasteiger partial charge in [0, 0.05) is 29.4 Å². The number of rotatable bonds is 5. The van der Waals surface area contributed by atoms with Gasteiger partial charge >= 0.3 is 0 Å². The van der Waals surface area contributed by atoms with Crippen LogP contribution in [0.15, 0.2) is 41.9 Å². The van der Waals surface area contributed by atoms with Crippen molar-refractivity contribution in [1.29, 1.82) is 0 Å². The molecule has 108 valence electrons. The SMILES string of the molecule is CCNC(Cc1csc(C)n1)c1ccc2cccnc2c1. The molecule has 0 amide bonds. The maximum absolute atomic E-state index is 4.58. The van der Waals surface area contributed by atoms with Gasteiger partial charge in [-0.15, -0.1) is 11.3 Å². The average Bonchev–Trinajstić information content (AvgIpc) is 2.91. The summed E-state index contributed by atoms with van der Waals surface area (Å²) in [6.07, 6.45) is 2.76. The van der Waals surface area contributed by atoms with Crippen LogP contribution < -0.4 is 5.32 Å². The van der Waals surface area contributed by atoms with Crippen molar-refractivity contribution in [1.82, 2.24) is 15.3 Å². The van der Waals surface area contributed by atoms with E-state index in [1.165, 1.54) is 10.9 Å². The van der Waals surface area contributed by atoms with Gasteiger partial charge in [-0.2, -0.15) is 0 Å². The molecule has 3 aromatic rings. The molecule has 0 aliphatic carbocycles. The number of thiazole rings is 1. The molecule has 1 unspecified atom stereocenters. The van der Waals surface area contributed by atoms with E-state index in [0.29, 0.717) is 0 Å². The van der Waals surface area contributed by atoms with E-state index in [2.05, 4.69) is 58.8 Å². The molecule has 0 aliphatic heterocycles. The van der Waals surface area contributed by atoms with Crippen LogP contribution in [0.3, 0.4) is 0 Å². The number of aryl methyl sites for hydroxylation is 1. The van der Waals surface area contributed by atoms with Crippen molar-refractivity contribution in [2.24, 2.45) is 0 Å². The minimum Gasteiger partial charge on any atom is -0.310 e. The molecule has 1 N–H and O–H groups in total. The molecular formula is C17H19N3S. The Hall–Kier alpha value is -1.78. The van der Waals surface area contributed by atoms with Crippen molar-refractivity contribution < 1.29 is 0 Å². The molecule has 0 radical (unpaired) electrons. The molecule has 0 saturated carbocycles. The predicted octanol–water partition coefficient (Wildman–Crippen LogP) is 3.89. The van der Waals surface area contributed by atoms with Gasteiger partial charge in [-0.25, -0.2) is 4.98 Å². The van der Waals surface area contributed by atoms with Gasteiger partial charge < -0.3 is 5.32 Å². The molecule has 1 aromatic carbocycles. The van der Waals surface area contributed by atoms with Gasteiger partial charge in [0.15, 0.2) is 0 Å². The lowest BCUT2D eigenvalue weighted by atomic mass is 10.0. The highest BCUT2D eigenvalue weighted by molar-refractivity contribution is 7.09. The average molecular weight is 297 g/mol. The number of hydrogen-bond donors (Lipinski definition) is 1. The molecule has 2 heterocycles. The normalized spacial score (nSPS) is 12.7. The number of aromatic nitrogens is 2. The van der Waals surface area contributed by atoms with E-state index in [1.54, 1.807) is 11.3 Å². The van der Waals surface area contributed by atoms with Crippen molar-refractivity contribution in [3.63, 3.8) is 0 Å². The predicted molar refractivity (Wildman–Crippen MR) is 88.7 cm³/mol. The first-order chi connectivity index (χ1) is 10.3. The molecule has 21 heavy (non-hydrogen) atoms. The molecular weight excluding hydrogens is 278 g/mol. The lowest BCUT2D eigenvalue weighted by Crippen LogP contribution is -2.23. The van der Waals surface area contributed by atoms with E-state index in [9.17, 15) is 0 Å². The van der Waals surface area contributed by atoms with Gasteiger partial charge in [0.25, 0.3) is 0 Å². The number of benzene rings is 1. The fourth-order valence-electron chi connectivity index (χ4n) is 2.57. The van der Waals surface area contributed by atoms with Gasteiger partial charge in [0.2, 0.25) is 0 Å². The summed E-state index contributed by atoms with van der Waals surface area (Å²) in [5.74, 6) is 0. The zero-order valence-electron chi connectivity index (χ0n) is 12.3. The van der Waals surface area contributed by atoms with E-state index in [1.807, 2.05) is 12.3 Å². The molecule has 4 heteroatoms. The monoisotopic (exact) mass is 297 g/mol. The third-order valence-electron chi connectivity index (χ3n) is 3.56. The van der Waals surface area contributed by atoms with Crippen LogP contribution in [-0.4, -0.2) is 16.5 Å². The smallest absolute Gasteiger partial charge is 0.0897 e. The van der Waals surface area contributed by atoms with Gasteiger partial charge in [-0.1, -0.05) is 25.1 Å². The lowest BCUT2D eigenvalue weighted by Gasteiger charge is -2.17. The molecule has 0 bridgehead atoms. The molecule has 0 saturated heterocycles. The molecule has 0 fully saturated rings. The van der Waals surface area contributed by atoms with E-state index in [4.69, 9.17) is 0 Å². The lowest BCUT2D eigenvalue weighted by molar-refractivity contribution is 0.545. The minimum atomic E-state index is 0.280. The number of nitrogens with one attached hydrogen (secondary N) is 1. The van der Waals surface area contributed by atoms with Crippen LogP contribution in [0.1, 0.15) is 29.2 Å². The topological polar surface area (TPSA) is 37.8 Å². The van der Waals surface area contributed by atoms with Crippen molar-refractivity contribution in [2.75, 3.05) is 6.54 Å². The minimum absolute atomic E-state index is 0.280. The molecule has 3 rings (SSSR count). The highest BCUT2D eigenvalue weighted by atomic mass is 32.1. The van der Waals surface area contributed by atoms with Crippen molar-refractivity contribution in [3.8, 4) is 0 Å². The van der Waals surface area contributed by atoms with Gasteiger partial charge in [-0.05, 0) is 31.2 Å². The molecule has 2 aromatic heterocycles. The maximum Gasteiger partial charge on any atom is 0.0897 e. The number of nitrogens with zero attached hydrogens (tertiary/aromatic N) is 2. The Bertz CT molecular complexity index is 735. The van der Waals surface area contributed by atoms with Gasteiger partial charge in [0.1, 0.15) is 0 Å². The van der Waals surface area contributed by atoms with E-state index in [-0.39, 0.29) is 6.04 Å². The first kappa shape index (κ1) is 14.2. The zero-order valence-corrected chi connectivity index (χ0v) is 13.2. The van der Waals surface area contributed by atoms with Gasteiger partial charge in [-0.3, -0.25) is 4.98 Å². The van der Waals surface area contributed by atoms with Gasteiger partial charge in [0.05, 0.1) is 16.2 Å². The summed E-state index contributed by atoms with van der Waals surface area (Å²) in [5, 5.41) is 8.02. The van der Waals surface area contributed by atoms with E-state index >= 15 is 0 Å². The fraction of sp³-hybridized carbons (Fsp3) is 0.294. The highest BCUT2D eigenvalue weighted by Gasteiger charge is 2.13. The second kappa shape index (κ2) is 6.33. The standard InChI is InChI=1S/C17H19N3S/c1-3-18-17(10-15-11-21-12(2)20-15)14-7-6-13-5-4-8-19-16(13)9-14/h4-9,11,17-18H,3,10H2,1-2H3. The first-order valence-corrected chi connectivity index (χ1v) is 8.13. The Morgan fingerprint density at radius 3 is 2.95 bits per heavy atom.